The highest BCUT2D eigenvalue weighted by Crippen LogP contribution is 2.72. The third kappa shape index (κ3) is 0.577. The van der Waals surface area contributed by atoms with Crippen LogP contribution in [0.4, 0.5) is 0 Å². The van der Waals surface area contributed by atoms with Crippen LogP contribution in [0.2, 0.25) is 0 Å². The number of hydrogen-bond donors (Lipinski definition) is 1. The van der Waals surface area contributed by atoms with E-state index < -0.39 is 5.60 Å². The van der Waals surface area contributed by atoms with E-state index in [1.54, 1.807) is 0 Å². The van der Waals surface area contributed by atoms with E-state index in [1.165, 1.54) is 0 Å². The van der Waals surface area contributed by atoms with E-state index in [2.05, 4.69) is 0 Å². The molecular formula is C11H14O3. The number of carbonyl (C=O) groups is 1. The van der Waals surface area contributed by atoms with Gasteiger partial charge in [-0.1, -0.05) is 0 Å². The molecule has 1 spiro atoms. The van der Waals surface area contributed by atoms with Gasteiger partial charge in [0.2, 0.25) is 0 Å². The highest BCUT2D eigenvalue weighted by Gasteiger charge is 2.75. The standard InChI is InChI=1S/C11H14O3/c12-9-8-5-11(13)3-6-1-7(14-9)4-10(8,11)2-6/h6-8,13H,1-5H2/t6-,7?,8?,10?,11?/m1/s1. The van der Waals surface area contributed by atoms with E-state index in [0.717, 1.165) is 25.7 Å². The number of aliphatic hydroxyl groups is 1. The maximum absolute atomic E-state index is 11.6. The van der Waals surface area contributed by atoms with Gasteiger partial charge in [-0.3, -0.25) is 4.79 Å². The minimum Gasteiger partial charge on any atom is -0.462 e. The summed E-state index contributed by atoms with van der Waals surface area (Å²) in [5, 5.41) is 10.4. The Morgan fingerprint density at radius 1 is 1.29 bits per heavy atom. The predicted molar refractivity (Wildman–Crippen MR) is 47.3 cm³/mol. The van der Waals surface area contributed by atoms with Crippen LogP contribution >= 0.6 is 0 Å². The van der Waals surface area contributed by atoms with E-state index >= 15 is 0 Å². The molecule has 3 bridgehead atoms. The van der Waals surface area contributed by atoms with Crippen molar-refractivity contribution in [3.63, 3.8) is 0 Å². The third-order valence-corrected chi connectivity index (χ3v) is 5.17. The highest BCUT2D eigenvalue weighted by molar-refractivity contribution is 5.77. The molecule has 3 aliphatic carbocycles. The average molecular weight is 194 g/mol. The quantitative estimate of drug-likeness (QED) is 0.581. The molecular weight excluding hydrogens is 180 g/mol. The molecule has 3 nitrogen and oxygen atoms in total. The predicted octanol–water partition coefficient (Wildman–Crippen LogP) is 0.853. The number of fused-ring (bicyclic) bond motifs is 2. The lowest BCUT2D eigenvalue weighted by Crippen LogP contribution is -2.66. The molecule has 0 radical (unpaired) electrons. The van der Waals surface area contributed by atoms with Crippen molar-refractivity contribution < 1.29 is 14.6 Å². The fourth-order valence-corrected chi connectivity index (χ4v) is 4.70. The van der Waals surface area contributed by atoms with Crippen molar-refractivity contribution in [1.29, 1.82) is 0 Å². The van der Waals surface area contributed by atoms with Crippen molar-refractivity contribution in [3.05, 3.63) is 0 Å². The molecule has 1 heterocycles. The van der Waals surface area contributed by atoms with Gasteiger partial charge in [-0.2, -0.15) is 0 Å². The molecule has 1 N–H and O–H groups in total. The van der Waals surface area contributed by atoms with E-state index in [0.29, 0.717) is 12.3 Å². The largest absolute Gasteiger partial charge is 0.462 e. The van der Waals surface area contributed by atoms with Crippen LogP contribution in [0.1, 0.15) is 32.1 Å². The van der Waals surface area contributed by atoms with Crippen LogP contribution in [0.3, 0.4) is 0 Å². The van der Waals surface area contributed by atoms with Gasteiger partial charge in [-0.15, -0.1) is 0 Å². The second kappa shape index (κ2) is 1.87. The van der Waals surface area contributed by atoms with Crippen LogP contribution in [0.5, 0.6) is 0 Å². The molecule has 4 fully saturated rings. The molecule has 3 heteroatoms. The average Bonchev–Trinajstić information content (AvgIpc) is 2.27. The summed E-state index contributed by atoms with van der Waals surface area (Å²) >= 11 is 0. The molecule has 1 aliphatic heterocycles. The fourth-order valence-electron chi connectivity index (χ4n) is 4.70. The van der Waals surface area contributed by atoms with Crippen LogP contribution in [0.15, 0.2) is 0 Å². The number of esters is 1. The number of rotatable bonds is 0. The molecule has 4 unspecified atom stereocenters. The number of ether oxygens (including phenoxy) is 1. The summed E-state index contributed by atoms with van der Waals surface area (Å²) in [7, 11) is 0. The first-order valence-corrected chi connectivity index (χ1v) is 5.56. The van der Waals surface area contributed by atoms with E-state index in [4.69, 9.17) is 4.74 Å². The Balaban J connectivity index is 1.87. The molecule has 14 heavy (non-hydrogen) atoms. The minimum absolute atomic E-state index is 0.0223. The van der Waals surface area contributed by atoms with Crippen LogP contribution < -0.4 is 0 Å². The Labute approximate surface area is 82.4 Å². The van der Waals surface area contributed by atoms with Gasteiger partial charge in [0.15, 0.2) is 0 Å². The summed E-state index contributed by atoms with van der Waals surface area (Å²) in [5.41, 5.74) is -0.563. The summed E-state index contributed by atoms with van der Waals surface area (Å²) in [6, 6.07) is 0. The highest BCUT2D eigenvalue weighted by atomic mass is 16.5. The molecule has 0 amide bonds. The SMILES string of the molecule is O=C1OC2C[C@H]3CC4(O)CC1C4(C2)C3. The lowest BCUT2D eigenvalue weighted by atomic mass is 9.48. The van der Waals surface area contributed by atoms with Crippen molar-refractivity contribution in [2.75, 3.05) is 0 Å². The van der Waals surface area contributed by atoms with Crippen LogP contribution in [-0.2, 0) is 9.53 Å². The molecule has 3 saturated carbocycles. The Bertz CT molecular complexity index is 339. The fraction of sp³-hybridized carbons (Fsp3) is 0.909. The minimum atomic E-state index is -0.503. The van der Waals surface area contributed by atoms with Crippen molar-refractivity contribution in [3.8, 4) is 0 Å². The van der Waals surface area contributed by atoms with E-state index in [-0.39, 0.29) is 23.4 Å². The van der Waals surface area contributed by atoms with Crippen molar-refractivity contribution in [2.24, 2.45) is 17.3 Å². The topological polar surface area (TPSA) is 46.5 Å². The summed E-state index contributed by atoms with van der Waals surface area (Å²) in [6.45, 7) is 0. The zero-order chi connectivity index (χ0) is 9.55. The van der Waals surface area contributed by atoms with Crippen molar-refractivity contribution in [1.82, 2.24) is 0 Å². The molecule has 4 aliphatic rings. The zero-order valence-corrected chi connectivity index (χ0v) is 8.03. The van der Waals surface area contributed by atoms with Crippen LogP contribution in [-0.4, -0.2) is 22.8 Å². The van der Waals surface area contributed by atoms with Gasteiger partial charge in [-0.05, 0) is 38.0 Å². The van der Waals surface area contributed by atoms with E-state index in [1.807, 2.05) is 0 Å². The smallest absolute Gasteiger partial charge is 0.309 e. The Morgan fingerprint density at radius 2 is 2.14 bits per heavy atom. The zero-order valence-electron chi connectivity index (χ0n) is 8.03. The van der Waals surface area contributed by atoms with Crippen molar-refractivity contribution in [2.45, 2.75) is 43.8 Å². The summed E-state index contributed by atoms with van der Waals surface area (Å²) in [6.07, 6.45) is 4.68. The third-order valence-electron chi connectivity index (χ3n) is 5.17. The molecule has 4 rings (SSSR count). The van der Waals surface area contributed by atoms with Crippen LogP contribution in [0, 0.1) is 17.3 Å². The number of hydrogen-bond acceptors (Lipinski definition) is 3. The molecule has 1 saturated heterocycles. The monoisotopic (exact) mass is 194 g/mol. The molecule has 5 atom stereocenters. The summed E-state index contributed by atoms with van der Waals surface area (Å²) in [4.78, 5) is 11.6. The van der Waals surface area contributed by atoms with Gasteiger partial charge < -0.3 is 9.84 Å². The van der Waals surface area contributed by atoms with Crippen molar-refractivity contribution >= 4 is 5.97 Å². The summed E-state index contributed by atoms with van der Waals surface area (Å²) in [5.74, 6) is 0.595. The van der Waals surface area contributed by atoms with Crippen LogP contribution in [0.25, 0.3) is 0 Å². The molecule has 0 aromatic heterocycles. The number of carbonyl (C=O) groups excluding carboxylic acids is 1. The summed E-state index contributed by atoms with van der Waals surface area (Å²) < 4.78 is 5.38. The van der Waals surface area contributed by atoms with E-state index in [9.17, 15) is 9.90 Å². The first-order chi connectivity index (χ1) is 6.63. The molecule has 0 aromatic carbocycles. The Hall–Kier alpha value is -0.570. The van der Waals surface area contributed by atoms with Gasteiger partial charge in [0, 0.05) is 5.41 Å². The Kier molecular flexibility index (Phi) is 1.03. The first-order valence-electron chi connectivity index (χ1n) is 5.56. The van der Waals surface area contributed by atoms with Gasteiger partial charge in [-0.25, -0.2) is 0 Å². The lowest BCUT2D eigenvalue weighted by molar-refractivity contribution is -0.246. The van der Waals surface area contributed by atoms with Gasteiger partial charge in [0.1, 0.15) is 6.10 Å². The van der Waals surface area contributed by atoms with Gasteiger partial charge >= 0.3 is 5.97 Å². The Morgan fingerprint density at radius 3 is 3.00 bits per heavy atom. The van der Waals surface area contributed by atoms with Gasteiger partial charge in [0.25, 0.3) is 0 Å². The maximum Gasteiger partial charge on any atom is 0.309 e. The second-order valence-electron chi connectivity index (χ2n) is 5.72. The first kappa shape index (κ1) is 7.69. The molecule has 76 valence electrons. The maximum atomic E-state index is 11.6. The normalized spacial score (nSPS) is 63.2. The lowest BCUT2D eigenvalue weighted by Gasteiger charge is -2.61. The van der Waals surface area contributed by atoms with Gasteiger partial charge in [0.05, 0.1) is 11.5 Å². The molecule has 0 aromatic rings. The second-order valence-corrected chi connectivity index (χ2v) is 5.72.